The molecule has 2 aliphatic heterocycles. The first kappa shape index (κ1) is 23.4. The zero-order chi connectivity index (χ0) is 23.0. The molecule has 3 aliphatic rings. The van der Waals surface area contributed by atoms with Crippen molar-refractivity contribution in [1.29, 1.82) is 0 Å². The molecule has 0 saturated carbocycles. The molecule has 2 heterocycles. The third-order valence-corrected chi connectivity index (χ3v) is 5.95. The lowest BCUT2D eigenvalue weighted by Gasteiger charge is -2.31. The lowest BCUT2D eigenvalue weighted by atomic mass is 9.83. The molecular formula is C25H30N2O6. The Morgan fingerprint density at radius 3 is 2.97 bits per heavy atom. The monoisotopic (exact) mass is 454 g/mol. The van der Waals surface area contributed by atoms with Crippen molar-refractivity contribution in [3.05, 3.63) is 53.1 Å². The van der Waals surface area contributed by atoms with Crippen molar-refractivity contribution in [1.82, 2.24) is 10.4 Å². The molecule has 1 N–H and O–H groups in total. The quantitative estimate of drug-likeness (QED) is 0.253. The first-order valence-electron chi connectivity index (χ1n) is 11.7. The number of amides is 3. The van der Waals surface area contributed by atoms with Gasteiger partial charge in [0.05, 0.1) is 13.2 Å². The van der Waals surface area contributed by atoms with Crippen LogP contribution in [0.15, 0.2) is 36.4 Å². The van der Waals surface area contributed by atoms with Crippen molar-refractivity contribution in [2.45, 2.75) is 51.2 Å². The summed E-state index contributed by atoms with van der Waals surface area (Å²) in [5, 5.41) is 0. The van der Waals surface area contributed by atoms with E-state index >= 15 is 0 Å². The fraction of sp³-hybridized carbons (Fsp3) is 0.480. The Morgan fingerprint density at radius 2 is 2.12 bits per heavy atom. The molecule has 8 heteroatoms. The molecule has 1 aromatic rings. The Labute approximate surface area is 193 Å². The number of unbranched alkanes of at least 4 members (excludes halogenated alkanes) is 1. The zero-order valence-corrected chi connectivity index (χ0v) is 18.7. The van der Waals surface area contributed by atoms with Crippen molar-refractivity contribution < 1.29 is 28.7 Å². The minimum Gasteiger partial charge on any atom is -0.380 e. The highest BCUT2D eigenvalue weighted by Crippen LogP contribution is 2.35. The van der Waals surface area contributed by atoms with Crippen molar-refractivity contribution in [2.24, 2.45) is 0 Å². The molecule has 4 rings (SSSR count). The summed E-state index contributed by atoms with van der Waals surface area (Å²) in [6, 6.07) is 5.65. The minimum absolute atomic E-state index is 0.220. The maximum absolute atomic E-state index is 12.9. The average Bonchev–Trinajstić information content (AvgIpc) is 2.85. The topological polar surface area (TPSA) is 94.2 Å². The van der Waals surface area contributed by atoms with Crippen molar-refractivity contribution in [3.63, 3.8) is 0 Å². The predicted octanol–water partition coefficient (Wildman–Crippen LogP) is 2.93. The highest BCUT2D eigenvalue weighted by atomic mass is 16.8. The highest BCUT2D eigenvalue weighted by Gasteiger charge is 2.36. The van der Waals surface area contributed by atoms with Crippen LogP contribution < -0.4 is 5.48 Å². The molecule has 1 aromatic carbocycles. The molecule has 0 radical (unpaired) electrons. The van der Waals surface area contributed by atoms with Gasteiger partial charge in [0.2, 0.25) is 0 Å². The van der Waals surface area contributed by atoms with Crippen molar-refractivity contribution >= 4 is 23.3 Å². The first-order valence-corrected chi connectivity index (χ1v) is 11.7. The Hall–Kier alpha value is -2.81. The molecule has 0 bridgehead atoms. The first-order chi connectivity index (χ1) is 16.1. The van der Waals surface area contributed by atoms with Crippen LogP contribution in [0.5, 0.6) is 0 Å². The van der Waals surface area contributed by atoms with Crippen LogP contribution in [0.4, 0.5) is 0 Å². The number of nitrogens with zero attached hydrogens (tertiary/aromatic N) is 1. The largest absolute Gasteiger partial charge is 0.380 e. The van der Waals surface area contributed by atoms with E-state index in [0.29, 0.717) is 30.8 Å². The minimum atomic E-state index is -0.367. The number of hydrogen-bond donors (Lipinski definition) is 1. The maximum Gasteiger partial charge on any atom is 0.267 e. The smallest absolute Gasteiger partial charge is 0.267 e. The van der Waals surface area contributed by atoms with E-state index < -0.39 is 0 Å². The van der Waals surface area contributed by atoms with Gasteiger partial charge in [0, 0.05) is 42.4 Å². The Bertz CT molecular complexity index is 948. The summed E-state index contributed by atoms with van der Waals surface area (Å²) in [4.78, 5) is 43.9. The molecule has 8 nitrogen and oxygen atoms in total. The summed E-state index contributed by atoms with van der Waals surface area (Å²) in [5.41, 5.74) is 5.48. The summed E-state index contributed by atoms with van der Waals surface area (Å²) < 4.78 is 11.0. The Balaban J connectivity index is 1.14. The summed E-state index contributed by atoms with van der Waals surface area (Å²) in [6.45, 7) is 1.62. The van der Waals surface area contributed by atoms with Crippen LogP contribution in [-0.2, 0) is 30.3 Å². The lowest BCUT2D eigenvalue weighted by molar-refractivity contribution is -0.198. The number of nitrogens with one attached hydrogen (secondary N) is 1. The van der Waals surface area contributed by atoms with E-state index in [2.05, 4.69) is 5.48 Å². The number of carbonyl (C=O) groups excluding carboxylic acids is 3. The Morgan fingerprint density at radius 1 is 1.21 bits per heavy atom. The third kappa shape index (κ3) is 5.76. The van der Waals surface area contributed by atoms with Gasteiger partial charge in [-0.3, -0.25) is 19.3 Å². The predicted molar refractivity (Wildman–Crippen MR) is 121 cm³/mol. The van der Waals surface area contributed by atoms with Gasteiger partial charge in [-0.15, -0.1) is 0 Å². The number of imide groups is 1. The average molecular weight is 455 g/mol. The molecular weight excluding hydrogens is 424 g/mol. The van der Waals surface area contributed by atoms with Gasteiger partial charge >= 0.3 is 0 Å². The number of rotatable bonds is 10. The molecule has 176 valence electrons. The van der Waals surface area contributed by atoms with Crippen LogP contribution >= 0.6 is 0 Å². The number of hydrogen-bond acceptors (Lipinski definition) is 6. The SMILES string of the molecule is O=C(/C=C/CCCOCCN1C(=O)C2=CCCc3cccc(c32)C1=O)NOC1CCCCO1. The summed E-state index contributed by atoms with van der Waals surface area (Å²) in [5.74, 6) is -0.819. The van der Waals surface area contributed by atoms with Crippen LogP contribution in [-0.4, -0.2) is 55.3 Å². The molecule has 0 spiro atoms. The van der Waals surface area contributed by atoms with E-state index in [4.69, 9.17) is 14.3 Å². The van der Waals surface area contributed by atoms with Crippen LogP contribution in [0, 0.1) is 0 Å². The van der Waals surface area contributed by atoms with Gasteiger partial charge in [-0.05, 0) is 50.2 Å². The second-order valence-electron chi connectivity index (χ2n) is 8.30. The lowest BCUT2D eigenvalue weighted by Crippen LogP contribution is -2.44. The molecule has 3 amide bonds. The van der Waals surface area contributed by atoms with Crippen LogP contribution in [0.25, 0.3) is 5.57 Å². The number of aryl methyl sites for hydroxylation is 1. The van der Waals surface area contributed by atoms with Gasteiger partial charge in [-0.1, -0.05) is 24.3 Å². The third-order valence-electron chi connectivity index (χ3n) is 5.95. The number of ether oxygens (including phenoxy) is 2. The summed E-state index contributed by atoms with van der Waals surface area (Å²) in [6.07, 6.45) is 10.6. The molecule has 1 atom stereocenters. The number of carbonyl (C=O) groups is 3. The molecule has 33 heavy (non-hydrogen) atoms. The van der Waals surface area contributed by atoms with E-state index in [1.165, 1.54) is 11.0 Å². The zero-order valence-electron chi connectivity index (χ0n) is 18.7. The second-order valence-corrected chi connectivity index (χ2v) is 8.30. The highest BCUT2D eigenvalue weighted by molar-refractivity contribution is 6.31. The number of allylic oxidation sites excluding steroid dienone is 2. The normalized spacial score (nSPS) is 20.1. The van der Waals surface area contributed by atoms with Gasteiger partial charge in [-0.2, -0.15) is 0 Å². The Kier molecular flexibility index (Phi) is 8.04. The second kappa shape index (κ2) is 11.4. The van der Waals surface area contributed by atoms with Gasteiger partial charge in [0.1, 0.15) is 0 Å². The van der Waals surface area contributed by atoms with Crippen LogP contribution in [0.2, 0.25) is 0 Å². The van der Waals surface area contributed by atoms with Crippen molar-refractivity contribution in [2.75, 3.05) is 26.4 Å². The van der Waals surface area contributed by atoms with E-state index in [1.54, 1.807) is 12.1 Å². The van der Waals surface area contributed by atoms with E-state index in [9.17, 15) is 14.4 Å². The summed E-state index contributed by atoms with van der Waals surface area (Å²) >= 11 is 0. The number of hydroxylamine groups is 1. The van der Waals surface area contributed by atoms with E-state index in [-0.39, 0.29) is 37.2 Å². The van der Waals surface area contributed by atoms with Gasteiger partial charge < -0.3 is 9.47 Å². The van der Waals surface area contributed by atoms with Gasteiger partial charge in [-0.25, -0.2) is 10.3 Å². The fourth-order valence-electron chi connectivity index (χ4n) is 4.27. The fourth-order valence-corrected chi connectivity index (χ4v) is 4.27. The van der Waals surface area contributed by atoms with Crippen molar-refractivity contribution in [3.8, 4) is 0 Å². The molecule has 0 aromatic heterocycles. The van der Waals surface area contributed by atoms with E-state index in [1.807, 2.05) is 18.2 Å². The maximum atomic E-state index is 12.9. The van der Waals surface area contributed by atoms with E-state index in [0.717, 1.165) is 49.7 Å². The molecule has 1 saturated heterocycles. The molecule has 1 fully saturated rings. The standard InChI is InChI=1S/C25H30N2O6/c28-21(26-33-22-13-3-5-16-32-22)12-2-1-4-15-31-17-14-27-24(29)19-10-6-8-18-9-7-11-20(23(18)19)25(27)30/h2,6,8,10-12,22H,1,3-5,7,9,13-17H2,(H,26,28)/b12-2+. The van der Waals surface area contributed by atoms with Gasteiger partial charge in [0.25, 0.3) is 17.7 Å². The van der Waals surface area contributed by atoms with Crippen LogP contribution in [0.3, 0.4) is 0 Å². The molecule has 1 unspecified atom stereocenters. The summed E-state index contributed by atoms with van der Waals surface area (Å²) in [7, 11) is 0. The number of benzene rings is 1. The van der Waals surface area contributed by atoms with Crippen LogP contribution in [0.1, 0.15) is 60.0 Å². The molecule has 1 aliphatic carbocycles. The van der Waals surface area contributed by atoms with Gasteiger partial charge in [0.15, 0.2) is 6.29 Å².